The van der Waals surface area contributed by atoms with E-state index in [9.17, 15) is 4.79 Å². The van der Waals surface area contributed by atoms with Gasteiger partial charge in [-0.25, -0.2) is 0 Å². The third kappa shape index (κ3) is 3.95. The van der Waals surface area contributed by atoms with Crippen LogP contribution in [-0.2, 0) is 4.74 Å². The van der Waals surface area contributed by atoms with Crippen LogP contribution in [0, 0.1) is 5.92 Å². The van der Waals surface area contributed by atoms with Gasteiger partial charge in [0.1, 0.15) is 0 Å². The SMILES string of the molecule is C=CCOCC1CCN(C(=O)c2ccc(-n3cccc3)cc2)CC1. The average molecular weight is 324 g/mol. The Bertz CT molecular complexity index is 653. The average Bonchev–Trinajstić information content (AvgIpc) is 3.17. The highest BCUT2D eigenvalue weighted by Crippen LogP contribution is 2.20. The van der Waals surface area contributed by atoms with Gasteiger partial charge in [0.05, 0.1) is 6.61 Å². The van der Waals surface area contributed by atoms with E-state index in [1.54, 1.807) is 6.08 Å². The quantitative estimate of drug-likeness (QED) is 0.602. The van der Waals surface area contributed by atoms with E-state index in [-0.39, 0.29) is 5.91 Å². The molecule has 4 heteroatoms. The third-order valence-electron chi connectivity index (χ3n) is 4.51. The van der Waals surface area contributed by atoms with Crippen LogP contribution < -0.4 is 0 Å². The van der Waals surface area contributed by atoms with E-state index in [0.29, 0.717) is 12.5 Å². The molecule has 0 radical (unpaired) electrons. The molecule has 1 aliphatic rings. The lowest BCUT2D eigenvalue weighted by Crippen LogP contribution is -2.39. The minimum Gasteiger partial charge on any atom is -0.377 e. The molecule has 1 aromatic heterocycles. The zero-order valence-electron chi connectivity index (χ0n) is 13.9. The molecule has 1 aliphatic heterocycles. The molecule has 126 valence electrons. The summed E-state index contributed by atoms with van der Waals surface area (Å²) < 4.78 is 7.56. The van der Waals surface area contributed by atoms with E-state index in [0.717, 1.165) is 43.8 Å². The van der Waals surface area contributed by atoms with Crippen LogP contribution in [-0.4, -0.2) is 41.7 Å². The molecule has 4 nitrogen and oxygen atoms in total. The van der Waals surface area contributed by atoms with Crippen LogP contribution >= 0.6 is 0 Å². The Morgan fingerprint density at radius 1 is 1.17 bits per heavy atom. The predicted molar refractivity (Wildman–Crippen MR) is 95.4 cm³/mol. The van der Waals surface area contributed by atoms with Crippen molar-refractivity contribution >= 4 is 5.91 Å². The first-order valence-corrected chi connectivity index (χ1v) is 8.49. The summed E-state index contributed by atoms with van der Waals surface area (Å²) in [4.78, 5) is 14.6. The summed E-state index contributed by atoms with van der Waals surface area (Å²) in [6.45, 7) is 6.63. The van der Waals surface area contributed by atoms with Crippen molar-refractivity contribution in [3.8, 4) is 5.69 Å². The number of carbonyl (C=O) groups is 1. The monoisotopic (exact) mass is 324 g/mol. The summed E-state index contributed by atoms with van der Waals surface area (Å²) in [6, 6.07) is 11.8. The summed E-state index contributed by atoms with van der Waals surface area (Å²) in [6.07, 6.45) is 7.77. The van der Waals surface area contributed by atoms with Gasteiger partial charge in [0.15, 0.2) is 0 Å². The highest BCUT2D eigenvalue weighted by atomic mass is 16.5. The number of ether oxygens (including phenoxy) is 1. The smallest absolute Gasteiger partial charge is 0.253 e. The van der Waals surface area contributed by atoms with Crippen LogP contribution in [0.25, 0.3) is 5.69 Å². The van der Waals surface area contributed by atoms with E-state index in [2.05, 4.69) is 6.58 Å². The standard InChI is InChI=1S/C20H24N2O2/c1-2-15-24-16-17-9-13-22(14-10-17)20(23)18-5-7-19(8-6-18)21-11-3-4-12-21/h2-8,11-12,17H,1,9-10,13-16H2. The topological polar surface area (TPSA) is 34.5 Å². The van der Waals surface area contributed by atoms with Gasteiger partial charge in [-0.05, 0) is 55.2 Å². The molecule has 1 aromatic carbocycles. The van der Waals surface area contributed by atoms with Gasteiger partial charge < -0.3 is 14.2 Å². The molecular formula is C20H24N2O2. The van der Waals surface area contributed by atoms with Gasteiger partial charge in [0.25, 0.3) is 5.91 Å². The normalized spacial score (nSPS) is 15.4. The van der Waals surface area contributed by atoms with Gasteiger partial charge in [0, 0.05) is 43.3 Å². The largest absolute Gasteiger partial charge is 0.377 e. The van der Waals surface area contributed by atoms with Gasteiger partial charge in [0.2, 0.25) is 0 Å². The molecule has 0 unspecified atom stereocenters. The summed E-state index contributed by atoms with van der Waals surface area (Å²) in [5.41, 5.74) is 1.82. The van der Waals surface area contributed by atoms with Crippen molar-refractivity contribution in [2.45, 2.75) is 12.8 Å². The molecule has 24 heavy (non-hydrogen) atoms. The first-order chi connectivity index (χ1) is 11.8. The Balaban J connectivity index is 1.54. The lowest BCUT2D eigenvalue weighted by molar-refractivity contribution is 0.0575. The number of hydrogen-bond acceptors (Lipinski definition) is 2. The number of amides is 1. The van der Waals surface area contributed by atoms with Gasteiger partial charge in [-0.15, -0.1) is 6.58 Å². The zero-order chi connectivity index (χ0) is 16.8. The number of piperidine rings is 1. The fourth-order valence-corrected chi connectivity index (χ4v) is 3.09. The third-order valence-corrected chi connectivity index (χ3v) is 4.51. The van der Waals surface area contributed by atoms with Gasteiger partial charge >= 0.3 is 0 Å². The first-order valence-electron chi connectivity index (χ1n) is 8.49. The van der Waals surface area contributed by atoms with Crippen molar-refractivity contribution in [3.05, 3.63) is 67.0 Å². The molecule has 2 aromatic rings. The Morgan fingerprint density at radius 3 is 2.46 bits per heavy atom. The molecule has 0 N–H and O–H groups in total. The van der Waals surface area contributed by atoms with Crippen LogP contribution in [0.5, 0.6) is 0 Å². The maximum atomic E-state index is 12.6. The van der Waals surface area contributed by atoms with Crippen molar-refractivity contribution in [2.75, 3.05) is 26.3 Å². The molecule has 1 amide bonds. The zero-order valence-corrected chi connectivity index (χ0v) is 13.9. The number of benzene rings is 1. The second kappa shape index (κ2) is 7.97. The summed E-state index contributed by atoms with van der Waals surface area (Å²) in [5.74, 6) is 0.671. The molecule has 0 spiro atoms. The minimum absolute atomic E-state index is 0.125. The highest BCUT2D eigenvalue weighted by molar-refractivity contribution is 5.94. The molecular weight excluding hydrogens is 300 g/mol. The van der Waals surface area contributed by atoms with E-state index < -0.39 is 0 Å². The molecule has 1 saturated heterocycles. The first kappa shape index (κ1) is 16.5. The van der Waals surface area contributed by atoms with E-state index in [4.69, 9.17) is 4.74 Å². The van der Waals surface area contributed by atoms with Crippen LogP contribution in [0.15, 0.2) is 61.4 Å². The van der Waals surface area contributed by atoms with Crippen molar-refractivity contribution in [1.29, 1.82) is 0 Å². The van der Waals surface area contributed by atoms with Gasteiger partial charge in [-0.2, -0.15) is 0 Å². The van der Waals surface area contributed by atoms with Crippen LogP contribution in [0.1, 0.15) is 23.2 Å². The van der Waals surface area contributed by atoms with Crippen LogP contribution in [0.2, 0.25) is 0 Å². The Morgan fingerprint density at radius 2 is 1.83 bits per heavy atom. The van der Waals surface area contributed by atoms with Crippen molar-refractivity contribution in [3.63, 3.8) is 0 Å². The number of carbonyl (C=O) groups excluding carboxylic acids is 1. The lowest BCUT2D eigenvalue weighted by Gasteiger charge is -2.32. The minimum atomic E-state index is 0.125. The maximum Gasteiger partial charge on any atom is 0.253 e. The number of likely N-dealkylation sites (tertiary alicyclic amines) is 1. The Kier molecular flexibility index (Phi) is 5.49. The van der Waals surface area contributed by atoms with Crippen LogP contribution in [0.3, 0.4) is 0 Å². The van der Waals surface area contributed by atoms with E-state index in [1.165, 1.54) is 0 Å². The maximum absolute atomic E-state index is 12.6. The Labute approximate surface area is 143 Å². The summed E-state index contributed by atoms with van der Waals surface area (Å²) in [7, 11) is 0. The van der Waals surface area contributed by atoms with Crippen LogP contribution in [0.4, 0.5) is 0 Å². The lowest BCUT2D eigenvalue weighted by atomic mass is 9.97. The highest BCUT2D eigenvalue weighted by Gasteiger charge is 2.23. The van der Waals surface area contributed by atoms with Gasteiger partial charge in [-0.1, -0.05) is 6.08 Å². The fraction of sp³-hybridized carbons (Fsp3) is 0.350. The number of hydrogen-bond donors (Lipinski definition) is 0. The molecule has 0 bridgehead atoms. The molecule has 3 rings (SSSR count). The number of aromatic nitrogens is 1. The molecule has 2 heterocycles. The molecule has 0 aliphatic carbocycles. The molecule has 1 fully saturated rings. The van der Waals surface area contributed by atoms with Crippen molar-refractivity contribution < 1.29 is 9.53 Å². The van der Waals surface area contributed by atoms with Crippen molar-refractivity contribution in [1.82, 2.24) is 9.47 Å². The molecule has 0 atom stereocenters. The molecule has 0 saturated carbocycles. The van der Waals surface area contributed by atoms with Crippen molar-refractivity contribution in [2.24, 2.45) is 5.92 Å². The van der Waals surface area contributed by atoms with Gasteiger partial charge in [-0.3, -0.25) is 4.79 Å². The second-order valence-corrected chi connectivity index (χ2v) is 6.20. The fourth-order valence-electron chi connectivity index (χ4n) is 3.09. The number of rotatable bonds is 6. The predicted octanol–water partition coefficient (Wildman–Crippen LogP) is 3.53. The summed E-state index contributed by atoms with van der Waals surface area (Å²) in [5, 5.41) is 0. The number of nitrogens with zero attached hydrogens (tertiary/aromatic N) is 2. The Hall–Kier alpha value is -2.33. The van der Waals surface area contributed by atoms with E-state index in [1.807, 2.05) is 58.3 Å². The summed E-state index contributed by atoms with van der Waals surface area (Å²) >= 11 is 0. The second-order valence-electron chi connectivity index (χ2n) is 6.20. The van der Waals surface area contributed by atoms with E-state index >= 15 is 0 Å².